The fourth-order valence-electron chi connectivity index (χ4n) is 0.528. The van der Waals surface area contributed by atoms with Crippen molar-refractivity contribution >= 4 is 0 Å². The van der Waals surface area contributed by atoms with Gasteiger partial charge < -0.3 is 5.11 Å². The quantitative estimate of drug-likeness (QED) is 0.491. The molecule has 0 saturated carbocycles. The van der Waals surface area contributed by atoms with Gasteiger partial charge in [0.2, 0.25) is 0 Å². The fourth-order valence-corrected chi connectivity index (χ4v) is 0.528. The third kappa shape index (κ3) is 4.02. The highest BCUT2D eigenvalue weighted by Crippen LogP contribution is 2.24. The summed E-state index contributed by atoms with van der Waals surface area (Å²) < 4.78 is 0. The van der Waals surface area contributed by atoms with Gasteiger partial charge in [0, 0.05) is 0 Å². The van der Waals surface area contributed by atoms with Crippen molar-refractivity contribution in [2.45, 2.75) is 27.7 Å². The number of aliphatic hydroxyl groups is 1. The summed E-state index contributed by atoms with van der Waals surface area (Å²) in [6.45, 7) is 11.9. The van der Waals surface area contributed by atoms with Gasteiger partial charge in [-0.2, -0.15) is 0 Å². The van der Waals surface area contributed by atoms with Crippen molar-refractivity contribution in [1.29, 1.82) is 0 Å². The lowest BCUT2D eigenvalue weighted by atomic mass is 9.87. The first-order valence-corrected chi connectivity index (χ1v) is 4.08. The van der Waals surface area contributed by atoms with Gasteiger partial charge in [-0.25, -0.2) is 0 Å². The van der Waals surface area contributed by atoms with E-state index in [1.807, 2.05) is 13.0 Å². The zero-order valence-electron chi connectivity index (χ0n) is 8.39. The molecule has 0 aromatic carbocycles. The topological polar surface area (TPSA) is 20.2 Å². The van der Waals surface area contributed by atoms with Gasteiger partial charge in [0.1, 0.15) is 5.76 Å². The van der Waals surface area contributed by atoms with Crippen LogP contribution in [0.5, 0.6) is 0 Å². The van der Waals surface area contributed by atoms with E-state index in [2.05, 4.69) is 27.4 Å². The van der Waals surface area contributed by atoms with Crippen molar-refractivity contribution in [3.63, 3.8) is 0 Å². The first-order chi connectivity index (χ1) is 5.38. The van der Waals surface area contributed by atoms with Crippen LogP contribution in [-0.4, -0.2) is 5.11 Å². The molecule has 0 fully saturated rings. The highest BCUT2D eigenvalue weighted by atomic mass is 16.3. The normalized spacial score (nSPS) is 14.7. The molecule has 0 amide bonds. The van der Waals surface area contributed by atoms with E-state index in [4.69, 9.17) is 5.11 Å². The van der Waals surface area contributed by atoms with Crippen molar-refractivity contribution in [2.75, 3.05) is 0 Å². The minimum atomic E-state index is 0.165. The summed E-state index contributed by atoms with van der Waals surface area (Å²) in [6.07, 6.45) is 5.00. The van der Waals surface area contributed by atoms with Crippen LogP contribution in [0.1, 0.15) is 27.7 Å². The van der Waals surface area contributed by atoms with Gasteiger partial charge >= 0.3 is 0 Å². The van der Waals surface area contributed by atoms with Crippen LogP contribution in [-0.2, 0) is 0 Å². The molecule has 68 valence electrons. The number of aliphatic hydroxyl groups excluding tert-OH is 1. The van der Waals surface area contributed by atoms with Crippen LogP contribution >= 0.6 is 0 Å². The average molecular weight is 166 g/mol. The van der Waals surface area contributed by atoms with Crippen LogP contribution in [0.25, 0.3) is 0 Å². The third-order valence-corrected chi connectivity index (χ3v) is 1.90. The minimum Gasteiger partial charge on any atom is -0.508 e. The average Bonchev–Trinajstić information content (AvgIpc) is 1.97. The Balaban J connectivity index is 4.49. The largest absolute Gasteiger partial charge is 0.508 e. The minimum absolute atomic E-state index is 0.165. The molecule has 0 rings (SSSR count). The molecule has 1 nitrogen and oxygen atoms in total. The maximum atomic E-state index is 9.07. The molecule has 12 heavy (non-hydrogen) atoms. The molecular formula is C11H18O. The van der Waals surface area contributed by atoms with E-state index in [0.717, 1.165) is 0 Å². The van der Waals surface area contributed by atoms with Crippen molar-refractivity contribution in [1.82, 2.24) is 0 Å². The Morgan fingerprint density at radius 3 is 2.08 bits per heavy atom. The van der Waals surface area contributed by atoms with Gasteiger partial charge in [0.15, 0.2) is 0 Å². The number of hydrogen-bond donors (Lipinski definition) is 1. The second-order valence-electron chi connectivity index (χ2n) is 3.90. The lowest BCUT2D eigenvalue weighted by Crippen LogP contribution is -2.05. The molecule has 0 aliphatic rings. The Kier molecular flexibility index (Phi) is 3.81. The van der Waals surface area contributed by atoms with Crippen LogP contribution in [0.15, 0.2) is 36.1 Å². The molecule has 0 atom stereocenters. The maximum Gasteiger partial charge on any atom is 0.114 e. The van der Waals surface area contributed by atoms with Crippen LogP contribution < -0.4 is 0 Å². The number of rotatable bonds is 2. The van der Waals surface area contributed by atoms with Crippen LogP contribution in [0.3, 0.4) is 0 Å². The van der Waals surface area contributed by atoms with E-state index in [9.17, 15) is 0 Å². The second kappa shape index (κ2) is 4.15. The molecule has 1 heteroatoms. The lowest BCUT2D eigenvalue weighted by molar-refractivity contribution is 0.432. The first-order valence-electron chi connectivity index (χ1n) is 4.08. The molecule has 0 heterocycles. The van der Waals surface area contributed by atoms with Crippen LogP contribution in [0.4, 0.5) is 0 Å². The number of hydrogen-bond acceptors (Lipinski definition) is 1. The Hall–Kier alpha value is -0.980. The first kappa shape index (κ1) is 11.0. The van der Waals surface area contributed by atoms with Crippen molar-refractivity contribution in [2.24, 2.45) is 5.41 Å². The zero-order valence-corrected chi connectivity index (χ0v) is 8.39. The van der Waals surface area contributed by atoms with E-state index >= 15 is 0 Å². The molecule has 1 N–H and O–H groups in total. The standard InChI is InChI=1S/C11H18O/c1-6-10(12)8-7-9(2)11(3,4)5/h6-8,12H,1H2,2-5H3/b9-7+,10-8+. The van der Waals surface area contributed by atoms with Gasteiger partial charge in [-0.05, 0) is 24.5 Å². The van der Waals surface area contributed by atoms with E-state index in [0.29, 0.717) is 0 Å². The summed E-state index contributed by atoms with van der Waals surface area (Å²) >= 11 is 0. The highest BCUT2D eigenvalue weighted by molar-refractivity contribution is 5.21. The van der Waals surface area contributed by atoms with Gasteiger partial charge in [-0.1, -0.05) is 39.0 Å². The molecule has 0 aromatic heterocycles. The van der Waals surface area contributed by atoms with E-state index in [1.54, 1.807) is 6.08 Å². The van der Waals surface area contributed by atoms with Crippen molar-refractivity contribution in [3.05, 3.63) is 36.1 Å². The molecule has 0 radical (unpaired) electrons. The summed E-state index contributed by atoms with van der Waals surface area (Å²) in [6, 6.07) is 0. The van der Waals surface area contributed by atoms with Crippen molar-refractivity contribution < 1.29 is 5.11 Å². The fraction of sp³-hybridized carbons (Fsp3) is 0.455. The molecule has 0 aromatic rings. The smallest absolute Gasteiger partial charge is 0.114 e. The lowest BCUT2D eigenvalue weighted by Gasteiger charge is -2.18. The van der Waals surface area contributed by atoms with E-state index in [-0.39, 0.29) is 11.2 Å². The van der Waals surface area contributed by atoms with Crippen LogP contribution in [0, 0.1) is 5.41 Å². The summed E-state index contributed by atoms with van der Waals surface area (Å²) in [7, 11) is 0. The second-order valence-corrected chi connectivity index (χ2v) is 3.90. The van der Waals surface area contributed by atoms with Crippen LogP contribution in [0.2, 0.25) is 0 Å². The van der Waals surface area contributed by atoms with E-state index in [1.165, 1.54) is 11.6 Å². The summed E-state index contributed by atoms with van der Waals surface area (Å²) in [4.78, 5) is 0. The molecule has 0 spiro atoms. The molecular weight excluding hydrogens is 148 g/mol. The molecule has 0 saturated heterocycles. The Morgan fingerprint density at radius 1 is 1.25 bits per heavy atom. The van der Waals surface area contributed by atoms with Crippen molar-refractivity contribution in [3.8, 4) is 0 Å². The van der Waals surface area contributed by atoms with E-state index < -0.39 is 0 Å². The SMILES string of the molecule is C=C/C(O)=C\C=C(/C)C(C)(C)C. The third-order valence-electron chi connectivity index (χ3n) is 1.90. The molecule has 0 unspecified atom stereocenters. The molecule has 0 bridgehead atoms. The monoisotopic (exact) mass is 166 g/mol. The predicted octanol–water partition coefficient (Wildman–Crippen LogP) is 3.61. The van der Waals surface area contributed by atoms with Gasteiger partial charge in [0.05, 0.1) is 0 Å². The predicted molar refractivity (Wildman–Crippen MR) is 54.1 cm³/mol. The summed E-state index contributed by atoms with van der Waals surface area (Å²) in [5.74, 6) is 0.207. The van der Waals surface area contributed by atoms with Gasteiger partial charge in [0.25, 0.3) is 0 Å². The Morgan fingerprint density at radius 2 is 1.75 bits per heavy atom. The Labute approximate surface area is 75.1 Å². The van der Waals surface area contributed by atoms with Gasteiger partial charge in [-0.15, -0.1) is 0 Å². The maximum absolute atomic E-state index is 9.07. The summed E-state index contributed by atoms with van der Waals surface area (Å²) in [5, 5.41) is 9.07. The molecule has 0 aliphatic heterocycles. The molecule has 0 aliphatic carbocycles. The number of allylic oxidation sites excluding steroid dienone is 4. The summed E-state index contributed by atoms with van der Waals surface area (Å²) in [5.41, 5.74) is 1.40. The zero-order chi connectivity index (χ0) is 9.78. The van der Waals surface area contributed by atoms with Gasteiger partial charge in [-0.3, -0.25) is 0 Å². The Bertz CT molecular complexity index is 214. The highest BCUT2D eigenvalue weighted by Gasteiger charge is 2.10.